The van der Waals surface area contributed by atoms with Gasteiger partial charge in [0.2, 0.25) is 0 Å². The molecule has 1 aliphatic rings. The maximum atomic E-state index is 12.9. The molecule has 1 saturated heterocycles. The van der Waals surface area contributed by atoms with Gasteiger partial charge < -0.3 is 4.74 Å². The van der Waals surface area contributed by atoms with Gasteiger partial charge in [0.25, 0.3) is 0 Å². The van der Waals surface area contributed by atoms with Crippen LogP contribution in [0.15, 0.2) is 18.2 Å². The van der Waals surface area contributed by atoms with Crippen LogP contribution in [0.4, 0.5) is 8.78 Å². The Morgan fingerprint density at radius 2 is 1.76 bits per heavy atom. The summed E-state index contributed by atoms with van der Waals surface area (Å²) in [7, 11) is 0. The number of ether oxygens (including phenoxy) is 1. The molecule has 1 aliphatic heterocycles. The molecule has 0 unspecified atom stereocenters. The summed E-state index contributed by atoms with van der Waals surface area (Å²) in [4.78, 5) is 11.9. The summed E-state index contributed by atoms with van der Waals surface area (Å²) in [6.45, 7) is 1.18. The summed E-state index contributed by atoms with van der Waals surface area (Å²) in [5, 5.41) is 0. The second-order valence-corrected chi connectivity index (χ2v) is 4.31. The lowest BCUT2D eigenvalue weighted by Gasteiger charge is -2.20. The molecule has 1 aromatic carbocycles. The van der Waals surface area contributed by atoms with Crippen molar-refractivity contribution in [2.45, 2.75) is 19.3 Å². The zero-order chi connectivity index (χ0) is 12.3. The van der Waals surface area contributed by atoms with E-state index in [9.17, 15) is 13.6 Å². The first-order valence-electron chi connectivity index (χ1n) is 5.70. The number of carbonyl (C=O) groups excluding carboxylic acids is 1. The predicted octanol–water partition coefficient (Wildman–Crippen LogP) is 2.50. The Morgan fingerprint density at radius 1 is 1.18 bits per heavy atom. The van der Waals surface area contributed by atoms with Gasteiger partial charge in [-0.3, -0.25) is 4.79 Å². The van der Waals surface area contributed by atoms with Crippen molar-refractivity contribution in [3.8, 4) is 0 Å². The lowest BCUT2D eigenvalue weighted by atomic mass is 9.91. The molecular weight excluding hydrogens is 226 g/mol. The third kappa shape index (κ3) is 3.33. The largest absolute Gasteiger partial charge is 0.381 e. The average molecular weight is 240 g/mol. The van der Waals surface area contributed by atoms with Gasteiger partial charge in [-0.1, -0.05) is 0 Å². The van der Waals surface area contributed by atoms with Crippen LogP contribution in [0.2, 0.25) is 0 Å². The number of halogens is 2. The van der Waals surface area contributed by atoms with Gasteiger partial charge in [-0.15, -0.1) is 0 Å². The second-order valence-electron chi connectivity index (χ2n) is 4.31. The minimum Gasteiger partial charge on any atom is -0.381 e. The Kier molecular flexibility index (Phi) is 3.84. The van der Waals surface area contributed by atoms with E-state index in [-0.39, 0.29) is 18.1 Å². The van der Waals surface area contributed by atoms with Crippen LogP contribution in [0.25, 0.3) is 0 Å². The first-order chi connectivity index (χ1) is 8.15. The normalized spacial score (nSPS) is 17.1. The number of hydrogen-bond acceptors (Lipinski definition) is 2. The molecule has 2 nitrogen and oxygen atoms in total. The van der Waals surface area contributed by atoms with Gasteiger partial charge in [0.05, 0.1) is 0 Å². The van der Waals surface area contributed by atoms with E-state index >= 15 is 0 Å². The van der Waals surface area contributed by atoms with Gasteiger partial charge in [-0.25, -0.2) is 8.78 Å². The smallest absolute Gasteiger partial charge is 0.140 e. The predicted molar refractivity (Wildman–Crippen MR) is 58.6 cm³/mol. The molecule has 0 atom stereocenters. The number of carbonyl (C=O) groups is 1. The van der Waals surface area contributed by atoms with Gasteiger partial charge in [-0.2, -0.15) is 0 Å². The van der Waals surface area contributed by atoms with Crippen molar-refractivity contribution in [1.29, 1.82) is 0 Å². The van der Waals surface area contributed by atoms with E-state index in [2.05, 4.69) is 0 Å². The van der Waals surface area contributed by atoms with E-state index in [1.54, 1.807) is 0 Å². The summed E-state index contributed by atoms with van der Waals surface area (Å²) in [6.07, 6.45) is 1.51. The molecule has 0 amide bonds. The number of benzene rings is 1. The summed E-state index contributed by atoms with van der Waals surface area (Å²) in [5.74, 6) is -1.27. The molecule has 4 heteroatoms. The molecular formula is C13H14F2O2. The van der Waals surface area contributed by atoms with Crippen LogP contribution in [0.5, 0.6) is 0 Å². The SMILES string of the molecule is O=C(Cc1cc(F)cc(F)c1)C1CCOCC1. The lowest BCUT2D eigenvalue weighted by molar-refractivity contribution is -0.125. The Bertz CT molecular complexity index is 392. The Hall–Kier alpha value is -1.29. The number of ketones is 1. The molecule has 1 heterocycles. The standard InChI is InChI=1S/C13H14F2O2/c14-11-5-9(6-12(15)8-11)7-13(16)10-1-3-17-4-2-10/h5-6,8,10H,1-4,7H2. The first-order valence-corrected chi connectivity index (χ1v) is 5.70. The maximum Gasteiger partial charge on any atom is 0.140 e. The van der Waals surface area contributed by atoms with Crippen LogP contribution in [-0.4, -0.2) is 19.0 Å². The third-order valence-electron chi connectivity index (χ3n) is 2.98. The lowest BCUT2D eigenvalue weighted by Crippen LogP contribution is -2.24. The zero-order valence-electron chi connectivity index (χ0n) is 9.42. The number of Topliss-reactive ketones (excluding diaryl/α,β-unsaturated/α-hetero) is 1. The van der Waals surface area contributed by atoms with Crippen molar-refractivity contribution in [2.75, 3.05) is 13.2 Å². The highest BCUT2D eigenvalue weighted by Crippen LogP contribution is 2.18. The molecule has 0 radical (unpaired) electrons. The van der Waals surface area contributed by atoms with Crippen molar-refractivity contribution in [3.05, 3.63) is 35.4 Å². The topological polar surface area (TPSA) is 26.3 Å². The van der Waals surface area contributed by atoms with Crippen molar-refractivity contribution in [1.82, 2.24) is 0 Å². The minimum absolute atomic E-state index is 0.0323. The van der Waals surface area contributed by atoms with Gasteiger partial charge in [0, 0.05) is 31.6 Å². The van der Waals surface area contributed by atoms with E-state index in [0.29, 0.717) is 31.6 Å². The Labute approximate surface area is 98.6 Å². The summed E-state index contributed by atoms with van der Waals surface area (Å²) in [5.41, 5.74) is 0.402. The van der Waals surface area contributed by atoms with Gasteiger partial charge in [0.1, 0.15) is 17.4 Å². The fraction of sp³-hybridized carbons (Fsp3) is 0.462. The van der Waals surface area contributed by atoms with Gasteiger partial charge in [-0.05, 0) is 30.5 Å². The fourth-order valence-electron chi connectivity index (χ4n) is 2.08. The fourth-order valence-corrected chi connectivity index (χ4v) is 2.08. The van der Waals surface area contributed by atoms with Crippen LogP contribution in [0, 0.1) is 17.6 Å². The molecule has 2 rings (SSSR count). The summed E-state index contributed by atoms with van der Waals surface area (Å²) >= 11 is 0. The van der Waals surface area contributed by atoms with E-state index in [1.807, 2.05) is 0 Å². The minimum atomic E-state index is -0.639. The molecule has 0 aliphatic carbocycles. The summed E-state index contributed by atoms with van der Waals surface area (Å²) < 4.78 is 31.1. The molecule has 1 fully saturated rings. The molecule has 0 aromatic heterocycles. The van der Waals surface area contributed by atoms with Crippen LogP contribution in [-0.2, 0) is 16.0 Å². The maximum absolute atomic E-state index is 12.9. The number of hydrogen-bond donors (Lipinski definition) is 0. The van der Waals surface area contributed by atoms with Crippen molar-refractivity contribution < 1.29 is 18.3 Å². The van der Waals surface area contributed by atoms with Crippen LogP contribution < -0.4 is 0 Å². The molecule has 17 heavy (non-hydrogen) atoms. The van der Waals surface area contributed by atoms with E-state index in [0.717, 1.165) is 6.07 Å². The molecule has 0 N–H and O–H groups in total. The first kappa shape index (κ1) is 12.2. The van der Waals surface area contributed by atoms with E-state index < -0.39 is 11.6 Å². The quantitative estimate of drug-likeness (QED) is 0.811. The Morgan fingerprint density at radius 3 is 2.35 bits per heavy atom. The average Bonchev–Trinajstić information content (AvgIpc) is 2.28. The van der Waals surface area contributed by atoms with Crippen LogP contribution >= 0.6 is 0 Å². The van der Waals surface area contributed by atoms with Crippen LogP contribution in [0.3, 0.4) is 0 Å². The number of rotatable bonds is 3. The molecule has 0 spiro atoms. The van der Waals surface area contributed by atoms with Crippen molar-refractivity contribution >= 4 is 5.78 Å². The van der Waals surface area contributed by atoms with Crippen LogP contribution in [0.1, 0.15) is 18.4 Å². The molecule has 0 saturated carbocycles. The monoisotopic (exact) mass is 240 g/mol. The van der Waals surface area contributed by atoms with E-state index in [1.165, 1.54) is 12.1 Å². The molecule has 0 bridgehead atoms. The third-order valence-corrected chi connectivity index (χ3v) is 2.98. The highest BCUT2D eigenvalue weighted by atomic mass is 19.1. The van der Waals surface area contributed by atoms with E-state index in [4.69, 9.17) is 4.74 Å². The van der Waals surface area contributed by atoms with Crippen molar-refractivity contribution in [2.24, 2.45) is 5.92 Å². The highest BCUT2D eigenvalue weighted by Gasteiger charge is 2.21. The van der Waals surface area contributed by atoms with Gasteiger partial charge >= 0.3 is 0 Å². The highest BCUT2D eigenvalue weighted by molar-refractivity contribution is 5.83. The van der Waals surface area contributed by atoms with Gasteiger partial charge in [0.15, 0.2) is 0 Å². The second kappa shape index (κ2) is 5.36. The zero-order valence-corrected chi connectivity index (χ0v) is 9.42. The van der Waals surface area contributed by atoms with Crippen molar-refractivity contribution in [3.63, 3.8) is 0 Å². The summed E-state index contributed by atoms with van der Waals surface area (Å²) in [6, 6.07) is 3.23. The molecule has 92 valence electrons. The molecule has 1 aromatic rings. The Balaban J connectivity index is 2.01.